The van der Waals surface area contributed by atoms with Crippen LogP contribution in [0.4, 0.5) is 5.69 Å². The normalized spacial score (nSPS) is 16.9. The number of hydrazine groups is 1. The highest BCUT2D eigenvalue weighted by Gasteiger charge is 2.23. The van der Waals surface area contributed by atoms with Crippen molar-refractivity contribution in [3.63, 3.8) is 0 Å². The first kappa shape index (κ1) is 16.0. The Hall–Kier alpha value is -2.49. The van der Waals surface area contributed by atoms with Gasteiger partial charge in [0.15, 0.2) is 0 Å². The summed E-state index contributed by atoms with van der Waals surface area (Å²) in [7, 11) is 0. The maximum atomic E-state index is 6.09. The molecule has 1 unspecified atom stereocenters. The van der Waals surface area contributed by atoms with Crippen molar-refractivity contribution in [2.75, 3.05) is 5.01 Å². The van der Waals surface area contributed by atoms with E-state index in [2.05, 4.69) is 76.5 Å². The second kappa shape index (κ2) is 7.18. The van der Waals surface area contributed by atoms with Crippen LogP contribution in [0, 0.1) is 0 Å². The van der Waals surface area contributed by atoms with Gasteiger partial charge in [-0.2, -0.15) is 0 Å². The molecule has 0 bridgehead atoms. The van der Waals surface area contributed by atoms with Crippen LogP contribution < -0.4 is 10.4 Å². The molecule has 0 saturated carbocycles. The predicted octanol–water partition coefficient (Wildman–Crippen LogP) is 5.85. The van der Waals surface area contributed by atoms with Gasteiger partial charge in [-0.25, -0.2) is 0 Å². The SMILES string of the molecule is Clc1cccc(C=CC2C=C(c3cccs3)NN2c2ccccc2)c1. The van der Waals surface area contributed by atoms with Crippen molar-refractivity contribution in [3.05, 3.63) is 99.7 Å². The Bertz CT molecular complexity index is 901. The first-order valence-corrected chi connectivity index (χ1v) is 9.36. The number of nitrogens with zero attached hydrogens (tertiary/aromatic N) is 1. The number of halogens is 1. The van der Waals surface area contributed by atoms with Crippen LogP contribution in [0.5, 0.6) is 0 Å². The number of hydrogen-bond donors (Lipinski definition) is 1. The number of anilines is 1. The Balaban J connectivity index is 1.65. The van der Waals surface area contributed by atoms with Gasteiger partial charge in [0.25, 0.3) is 0 Å². The van der Waals surface area contributed by atoms with Gasteiger partial charge in [0.2, 0.25) is 0 Å². The Morgan fingerprint density at radius 3 is 2.64 bits per heavy atom. The first-order chi connectivity index (χ1) is 12.3. The summed E-state index contributed by atoms with van der Waals surface area (Å²) >= 11 is 7.83. The lowest BCUT2D eigenvalue weighted by Crippen LogP contribution is -2.37. The zero-order chi connectivity index (χ0) is 17.1. The molecule has 0 amide bonds. The van der Waals surface area contributed by atoms with Gasteiger partial charge in [-0.1, -0.05) is 60.2 Å². The van der Waals surface area contributed by atoms with Crippen molar-refractivity contribution in [2.24, 2.45) is 0 Å². The molecule has 124 valence electrons. The van der Waals surface area contributed by atoms with E-state index in [0.717, 1.165) is 22.0 Å². The van der Waals surface area contributed by atoms with E-state index in [-0.39, 0.29) is 6.04 Å². The van der Waals surface area contributed by atoms with Crippen LogP contribution in [0.1, 0.15) is 10.4 Å². The highest BCUT2D eigenvalue weighted by atomic mass is 35.5. The van der Waals surface area contributed by atoms with Gasteiger partial charge in [0.05, 0.1) is 22.3 Å². The summed E-state index contributed by atoms with van der Waals surface area (Å²) in [4.78, 5) is 1.24. The summed E-state index contributed by atoms with van der Waals surface area (Å²) in [6.45, 7) is 0. The highest BCUT2D eigenvalue weighted by molar-refractivity contribution is 7.11. The Morgan fingerprint density at radius 1 is 1.00 bits per heavy atom. The minimum atomic E-state index is 0.124. The molecule has 2 heterocycles. The number of nitrogens with one attached hydrogen (secondary N) is 1. The quantitative estimate of drug-likeness (QED) is 0.624. The van der Waals surface area contributed by atoms with E-state index in [1.54, 1.807) is 11.3 Å². The van der Waals surface area contributed by atoms with Crippen LogP contribution in [0.25, 0.3) is 11.8 Å². The summed E-state index contributed by atoms with van der Waals surface area (Å²) in [5.74, 6) is 0. The lowest BCUT2D eigenvalue weighted by atomic mass is 10.1. The van der Waals surface area contributed by atoms with E-state index in [9.17, 15) is 0 Å². The number of benzene rings is 2. The zero-order valence-electron chi connectivity index (χ0n) is 13.5. The van der Waals surface area contributed by atoms with Crippen LogP contribution in [-0.2, 0) is 0 Å². The molecule has 3 aromatic rings. The molecule has 1 atom stereocenters. The number of rotatable bonds is 4. The molecule has 0 saturated heterocycles. The second-order valence-electron chi connectivity index (χ2n) is 5.78. The van der Waals surface area contributed by atoms with Crippen molar-refractivity contribution in [1.82, 2.24) is 5.43 Å². The summed E-state index contributed by atoms with van der Waals surface area (Å²) in [6, 6.07) is 22.6. The molecule has 1 aromatic heterocycles. The lowest BCUT2D eigenvalue weighted by Gasteiger charge is -2.25. The molecule has 2 aromatic carbocycles. The van der Waals surface area contributed by atoms with Crippen LogP contribution >= 0.6 is 22.9 Å². The van der Waals surface area contributed by atoms with E-state index in [4.69, 9.17) is 11.6 Å². The number of para-hydroxylation sites is 1. The molecule has 1 aliphatic rings. The second-order valence-corrected chi connectivity index (χ2v) is 7.16. The van der Waals surface area contributed by atoms with E-state index in [1.807, 2.05) is 24.3 Å². The third-order valence-corrected chi connectivity index (χ3v) is 5.17. The van der Waals surface area contributed by atoms with Gasteiger partial charge in [-0.15, -0.1) is 11.3 Å². The van der Waals surface area contributed by atoms with E-state index >= 15 is 0 Å². The van der Waals surface area contributed by atoms with Crippen molar-refractivity contribution in [1.29, 1.82) is 0 Å². The molecule has 0 fully saturated rings. The third kappa shape index (κ3) is 3.63. The maximum absolute atomic E-state index is 6.09. The Morgan fingerprint density at radius 2 is 1.88 bits per heavy atom. The van der Waals surface area contributed by atoms with Gasteiger partial charge >= 0.3 is 0 Å². The van der Waals surface area contributed by atoms with Crippen LogP contribution in [0.2, 0.25) is 5.02 Å². The largest absolute Gasteiger partial charge is 0.296 e. The molecular formula is C21H17ClN2S. The summed E-state index contributed by atoms with van der Waals surface area (Å²) in [6.07, 6.45) is 6.55. The van der Waals surface area contributed by atoms with Gasteiger partial charge < -0.3 is 0 Å². The molecule has 1 N–H and O–H groups in total. The summed E-state index contributed by atoms with van der Waals surface area (Å²) < 4.78 is 0. The molecule has 4 heteroatoms. The predicted molar refractivity (Wildman–Crippen MR) is 109 cm³/mol. The molecule has 25 heavy (non-hydrogen) atoms. The molecule has 4 rings (SSSR count). The Kier molecular flexibility index (Phi) is 4.59. The summed E-state index contributed by atoms with van der Waals surface area (Å²) in [5, 5.41) is 5.03. The van der Waals surface area contributed by atoms with E-state index in [1.165, 1.54) is 4.88 Å². The minimum Gasteiger partial charge on any atom is -0.296 e. The third-order valence-electron chi connectivity index (χ3n) is 4.03. The monoisotopic (exact) mass is 364 g/mol. The molecule has 0 radical (unpaired) electrons. The highest BCUT2D eigenvalue weighted by Crippen LogP contribution is 2.29. The fraction of sp³-hybridized carbons (Fsp3) is 0.0476. The minimum absolute atomic E-state index is 0.124. The molecule has 1 aliphatic heterocycles. The first-order valence-electron chi connectivity index (χ1n) is 8.10. The van der Waals surface area contributed by atoms with E-state index < -0.39 is 0 Å². The van der Waals surface area contributed by atoms with Crippen LogP contribution in [0.15, 0.2) is 84.3 Å². The average molecular weight is 365 g/mol. The molecule has 0 spiro atoms. The topological polar surface area (TPSA) is 15.3 Å². The number of thiophene rings is 1. The van der Waals surface area contributed by atoms with Crippen molar-refractivity contribution >= 4 is 40.4 Å². The fourth-order valence-corrected chi connectivity index (χ4v) is 3.74. The van der Waals surface area contributed by atoms with Gasteiger partial charge in [0.1, 0.15) is 0 Å². The zero-order valence-corrected chi connectivity index (χ0v) is 15.0. The maximum Gasteiger partial charge on any atom is 0.0892 e. The standard InChI is InChI=1S/C21H17ClN2S/c22-17-7-4-6-16(14-17)11-12-19-15-20(21-10-5-13-25-21)23-24(19)18-8-2-1-3-9-18/h1-15,19,23H. The van der Waals surface area contributed by atoms with Crippen LogP contribution in [-0.4, -0.2) is 6.04 Å². The van der Waals surface area contributed by atoms with E-state index in [0.29, 0.717) is 0 Å². The van der Waals surface area contributed by atoms with Gasteiger partial charge in [-0.05, 0) is 47.4 Å². The van der Waals surface area contributed by atoms with Gasteiger partial charge in [0, 0.05) is 5.02 Å². The smallest absolute Gasteiger partial charge is 0.0892 e. The van der Waals surface area contributed by atoms with Crippen molar-refractivity contribution in [3.8, 4) is 0 Å². The molecule has 2 nitrogen and oxygen atoms in total. The Labute approximate surface area is 156 Å². The number of hydrogen-bond acceptors (Lipinski definition) is 3. The molecular weight excluding hydrogens is 348 g/mol. The van der Waals surface area contributed by atoms with Crippen molar-refractivity contribution in [2.45, 2.75) is 6.04 Å². The van der Waals surface area contributed by atoms with Gasteiger partial charge in [-0.3, -0.25) is 10.4 Å². The average Bonchev–Trinajstić information content (AvgIpc) is 3.30. The van der Waals surface area contributed by atoms with Crippen LogP contribution in [0.3, 0.4) is 0 Å². The lowest BCUT2D eigenvalue weighted by molar-refractivity contribution is 0.780. The molecule has 0 aliphatic carbocycles. The fourth-order valence-electron chi connectivity index (χ4n) is 2.84. The summed E-state index contributed by atoms with van der Waals surface area (Å²) in [5.41, 5.74) is 6.90. The van der Waals surface area contributed by atoms with Crippen molar-refractivity contribution < 1.29 is 0 Å².